The molecule has 1 amide bonds. The molecule has 0 bridgehead atoms. The number of hydrogen-bond donors (Lipinski definition) is 1. The zero-order valence-corrected chi connectivity index (χ0v) is 18.6. The summed E-state index contributed by atoms with van der Waals surface area (Å²) in [5.41, 5.74) is 3.48. The van der Waals surface area contributed by atoms with Crippen LogP contribution in [-0.2, 0) is 26.2 Å². The van der Waals surface area contributed by atoms with Crippen molar-refractivity contribution in [1.29, 1.82) is 0 Å². The highest BCUT2D eigenvalue weighted by atomic mass is 32.2. The fourth-order valence-electron chi connectivity index (χ4n) is 3.82. The predicted molar refractivity (Wildman–Crippen MR) is 117 cm³/mol. The van der Waals surface area contributed by atoms with Crippen molar-refractivity contribution in [3.8, 4) is 0 Å². The monoisotopic (exact) mass is 428 g/mol. The van der Waals surface area contributed by atoms with Gasteiger partial charge in [-0.3, -0.25) is 4.79 Å². The van der Waals surface area contributed by atoms with E-state index < -0.39 is 16.1 Å². The molecular weight excluding hydrogens is 400 g/mol. The molecule has 1 heterocycles. The lowest BCUT2D eigenvalue weighted by atomic mass is 10.1. The Morgan fingerprint density at radius 3 is 2.37 bits per heavy atom. The first-order valence-corrected chi connectivity index (χ1v) is 11.3. The van der Waals surface area contributed by atoms with E-state index in [9.17, 15) is 13.2 Å². The molecule has 0 aromatic heterocycles. The highest BCUT2D eigenvalue weighted by molar-refractivity contribution is 7.89. The Labute approximate surface area is 178 Å². The second-order valence-electron chi connectivity index (χ2n) is 7.59. The second-order valence-corrected chi connectivity index (χ2v) is 9.37. The fourth-order valence-corrected chi connectivity index (χ4v) is 5.98. The summed E-state index contributed by atoms with van der Waals surface area (Å²) in [6, 6.07) is 12.7. The molecule has 0 saturated carbocycles. The maximum atomic E-state index is 13.5. The van der Waals surface area contributed by atoms with Gasteiger partial charge >= 0.3 is 0 Å². The van der Waals surface area contributed by atoms with E-state index in [4.69, 9.17) is 4.74 Å². The molecule has 1 N–H and O–H groups in total. The summed E-state index contributed by atoms with van der Waals surface area (Å²) < 4.78 is 34.1. The summed E-state index contributed by atoms with van der Waals surface area (Å²) in [5, 5.41) is 2.51. The molecule has 0 aliphatic carbocycles. The third-order valence-electron chi connectivity index (χ3n) is 5.16. The van der Waals surface area contributed by atoms with Crippen LogP contribution < -0.4 is 5.32 Å². The maximum Gasteiger partial charge on any atom is 0.244 e. The van der Waals surface area contributed by atoms with Gasteiger partial charge in [-0.15, -0.1) is 0 Å². The molecule has 0 spiro atoms. The molecule has 2 aromatic carbocycles. The van der Waals surface area contributed by atoms with Crippen molar-refractivity contribution in [2.24, 2.45) is 0 Å². The van der Waals surface area contributed by atoms with Crippen LogP contribution in [0.4, 0.5) is 0 Å². The zero-order chi connectivity index (χ0) is 21.9. The zero-order valence-electron chi connectivity index (χ0n) is 17.8. The van der Waals surface area contributed by atoms with Crippen molar-refractivity contribution in [1.82, 2.24) is 9.62 Å². The van der Waals surface area contributed by atoms with Gasteiger partial charge in [0, 0.05) is 13.1 Å². The summed E-state index contributed by atoms with van der Waals surface area (Å²) in [7, 11) is -2.19. The van der Waals surface area contributed by atoms with Gasteiger partial charge in [-0.1, -0.05) is 54.1 Å². The van der Waals surface area contributed by atoms with Gasteiger partial charge in [0.2, 0.25) is 15.9 Å². The molecule has 3 atom stereocenters. The number of carbonyl (C=O) groups is 1. The number of benzene rings is 2. The summed E-state index contributed by atoms with van der Waals surface area (Å²) in [6.07, 6.45) is 3.00. The van der Waals surface area contributed by atoms with Crippen LogP contribution in [0.2, 0.25) is 0 Å². The first-order valence-electron chi connectivity index (χ1n) is 9.88. The van der Waals surface area contributed by atoms with Gasteiger partial charge in [-0.25, -0.2) is 8.42 Å². The number of nitrogens with zero attached hydrogens (tertiary/aromatic N) is 1. The Hall–Kier alpha value is -2.48. The molecule has 0 radical (unpaired) electrons. The van der Waals surface area contributed by atoms with E-state index in [0.717, 1.165) is 22.3 Å². The molecule has 1 aliphatic rings. The summed E-state index contributed by atoms with van der Waals surface area (Å²) in [5.74, 6) is -0.272. The van der Waals surface area contributed by atoms with E-state index in [1.807, 2.05) is 63.2 Å². The van der Waals surface area contributed by atoms with Crippen molar-refractivity contribution in [2.75, 3.05) is 13.7 Å². The van der Waals surface area contributed by atoms with Crippen molar-refractivity contribution < 1.29 is 17.9 Å². The summed E-state index contributed by atoms with van der Waals surface area (Å²) in [6.45, 7) is 6.22. The van der Waals surface area contributed by atoms with Crippen molar-refractivity contribution in [3.63, 3.8) is 0 Å². The van der Waals surface area contributed by atoms with Gasteiger partial charge < -0.3 is 10.1 Å². The van der Waals surface area contributed by atoms with Crippen LogP contribution in [0.1, 0.15) is 22.3 Å². The van der Waals surface area contributed by atoms with Crippen LogP contribution >= 0.6 is 0 Å². The molecule has 1 fully saturated rings. The minimum atomic E-state index is -3.72. The number of sulfonamides is 1. The van der Waals surface area contributed by atoms with Gasteiger partial charge in [-0.05, 0) is 37.5 Å². The lowest BCUT2D eigenvalue weighted by molar-refractivity contribution is -0.116. The van der Waals surface area contributed by atoms with Crippen molar-refractivity contribution in [2.45, 2.75) is 44.4 Å². The van der Waals surface area contributed by atoms with Crippen LogP contribution in [0.15, 0.2) is 59.5 Å². The fraction of sp³-hybridized carbons (Fsp3) is 0.348. The summed E-state index contributed by atoms with van der Waals surface area (Å²) >= 11 is 0. The predicted octanol–water partition coefficient (Wildman–Crippen LogP) is 2.87. The first kappa shape index (κ1) is 22.2. The molecule has 1 unspecified atom stereocenters. The molecule has 7 heteroatoms. The van der Waals surface area contributed by atoms with Gasteiger partial charge in [-0.2, -0.15) is 4.31 Å². The first-order chi connectivity index (χ1) is 14.3. The molecule has 2 aromatic rings. The van der Waals surface area contributed by atoms with Gasteiger partial charge in [0.05, 0.1) is 30.2 Å². The van der Waals surface area contributed by atoms with E-state index in [1.54, 1.807) is 6.08 Å². The van der Waals surface area contributed by atoms with E-state index in [2.05, 4.69) is 5.32 Å². The quantitative estimate of drug-likeness (QED) is 0.518. The largest absolute Gasteiger partial charge is 0.375 e. The Balaban J connectivity index is 1.82. The maximum absolute atomic E-state index is 13.5. The number of amides is 1. The van der Waals surface area contributed by atoms with E-state index in [0.29, 0.717) is 11.5 Å². The van der Waals surface area contributed by atoms with Crippen LogP contribution in [0, 0.1) is 20.8 Å². The number of aryl methyl sites for hydroxylation is 3. The molecule has 1 aliphatic heterocycles. The summed E-state index contributed by atoms with van der Waals surface area (Å²) in [4.78, 5) is 12.0. The van der Waals surface area contributed by atoms with E-state index >= 15 is 0 Å². The Morgan fingerprint density at radius 1 is 1.13 bits per heavy atom. The highest BCUT2D eigenvalue weighted by Crippen LogP contribution is 2.39. The van der Waals surface area contributed by atoms with Gasteiger partial charge in [0.25, 0.3) is 0 Å². The lowest BCUT2D eigenvalue weighted by Gasteiger charge is -2.13. The Kier molecular flexibility index (Phi) is 6.75. The van der Waals surface area contributed by atoms with E-state index in [1.165, 1.54) is 17.4 Å². The highest BCUT2D eigenvalue weighted by Gasteiger charge is 2.54. The third kappa shape index (κ3) is 4.80. The number of ether oxygens (including phenoxy) is 1. The topological polar surface area (TPSA) is 75.5 Å². The standard InChI is InChI=1S/C23H28N2O4S/c1-16-12-17(2)23(18(3)13-16)30(27,28)25-20(10-11-22(26)24-4)21(25)15-29-14-19-8-6-5-7-9-19/h5-13,20-21H,14-15H2,1-4H3,(H,24,26)/b11-10+/t20-,21+,25?/m1/s1. The lowest BCUT2D eigenvalue weighted by Crippen LogP contribution is -2.20. The van der Waals surface area contributed by atoms with Crippen LogP contribution in [0.5, 0.6) is 0 Å². The number of carbonyl (C=O) groups excluding carboxylic acids is 1. The number of rotatable bonds is 8. The van der Waals surface area contributed by atoms with Crippen molar-refractivity contribution in [3.05, 3.63) is 76.9 Å². The van der Waals surface area contributed by atoms with Crippen LogP contribution in [0.25, 0.3) is 0 Å². The number of hydrogen-bond acceptors (Lipinski definition) is 4. The minimum absolute atomic E-state index is 0.251. The molecule has 6 nitrogen and oxygen atoms in total. The molecular formula is C23H28N2O4S. The smallest absolute Gasteiger partial charge is 0.244 e. The second kappa shape index (κ2) is 9.12. The average Bonchev–Trinajstić information content (AvgIpc) is 3.39. The number of likely N-dealkylation sites (N-methyl/N-ethyl adjacent to an activating group) is 1. The minimum Gasteiger partial charge on any atom is -0.375 e. The molecule has 30 heavy (non-hydrogen) atoms. The molecule has 160 valence electrons. The number of nitrogens with one attached hydrogen (secondary N) is 1. The van der Waals surface area contributed by atoms with E-state index in [-0.39, 0.29) is 18.6 Å². The van der Waals surface area contributed by atoms with Crippen LogP contribution in [-0.4, -0.2) is 44.4 Å². The average molecular weight is 429 g/mol. The third-order valence-corrected chi connectivity index (χ3v) is 7.39. The molecule has 3 rings (SSSR count). The van der Waals surface area contributed by atoms with Gasteiger partial charge in [0.15, 0.2) is 0 Å². The normalized spacial score (nSPS) is 21.0. The molecule has 1 saturated heterocycles. The Morgan fingerprint density at radius 2 is 1.77 bits per heavy atom. The SMILES string of the molecule is CNC(=O)/C=C/[C@@H]1[C@H](COCc2ccccc2)N1S(=O)(=O)c1c(C)cc(C)cc1C. The van der Waals surface area contributed by atoms with Gasteiger partial charge in [0.1, 0.15) is 0 Å². The Bertz CT molecular complexity index is 1030. The van der Waals surface area contributed by atoms with Crippen LogP contribution in [0.3, 0.4) is 0 Å². The van der Waals surface area contributed by atoms with Crippen molar-refractivity contribution >= 4 is 15.9 Å².